The first kappa shape index (κ1) is 15.8. The molecule has 1 amide bonds. The summed E-state index contributed by atoms with van der Waals surface area (Å²) in [6.45, 7) is 4.97. The van der Waals surface area contributed by atoms with Gasteiger partial charge in [-0.05, 0) is 40.0 Å². The second-order valence-electron chi connectivity index (χ2n) is 5.55. The van der Waals surface area contributed by atoms with Crippen molar-refractivity contribution in [3.05, 3.63) is 0 Å². The van der Waals surface area contributed by atoms with Crippen LogP contribution in [0, 0.1) is 0 Å². The zero-order valence-electron chi connectivity index (χ0n) is 11.2. The number of carbonyl (C=O) groups is 2. The number of piperidine rings is 1. The summed E-state index contributed by atoms with van der Waals surface area (Å²) in [5.41, 5.74) is -0.805. The van der Waals surface area contributed by atoms with Gasteiger partial charge in [-0.2, -0.15) is 13.2 Å². The van der Waals surface area contributed by atoms with Gasteiger partial charge in [0.1, 0.15) is 11.6 Å². The summed E-state index contributed by atoms with van der Waals surface area (Å²) in [6.07, 6.45) is -4.71. The number of likely N-dealkylation sites (tertiary alicyclic amines) is 1. The van der Waals surface area contributed by atoms with Gasteiger partial charge in [-0.15, -0.1) is 0 Å². The van der Waals surface area contributed by atoms with E-state index in [2.05, 4.69) is 0 Å². The Hall–Kier alpha value is -1.27. The van der Waals surface area contributed by atoms with Gasteiger partial charge in [0.15, 0.2) is 0 Å². The van der Waals surface area contributed by atoms with Crippen LogP contribution in [0.4, 0.5) is 18.0 Å². The molecule has 4 nitrogen and oxygen atoms in total. The van der Waals surface area contributed by atoms with Gasteiger partial charge in [0.05, 0.1) is 0 Å². The molecule has 7 heteroatoms. The summed E-state index contributed by atoms with van der Waals surface area (Å²) in [5, 5.41) is 0. The average molecular weight is 281 g/mol. The van der Waals surface area contributed by atoms with Crippen molar-refractivity contribution < 1.29 is 27.5 Å². The number of ketones is 1. The Kier molecular flexibility index (Phi) is 4.47. The molecule has 1 heterocycles. The number of hydrogen-bond acceptors (Lipinski definition) is 3. The molecule has 19 heavy (non-hydrogen) atoms. The van der Waals surface area contributed by atoms with Crippen LogP contribution in [0.15, 0.2) is 0 Å². The fourth-order valence-corrected chi connectivity index (χ4v) is 1.93. The van der Waals surface area contributed by atoms with Crippen LogP contribution in [0.25, 0.3) is 0 Å². The zero-order valence-corrected chi connectivity index (χ0v) is 11.2. The van der Waals surface area contributed by atoms with E-state index < -0.39 is 29.7 Å². The summed E-state index contributed by atoms with van der Waals surface area (Å²) in [5.74, 6) is -1.88. The Morgan fingerprint density at radius 1 is 1.16 bits per heavy atom. The highest BCUT2D eigenvalue weighted by atomic mass is 19.4. The van der Waals surface area contributed by atoms with Gasteiger partial charge in [-0.1, -0.05) is 0 Å². The van der Waals surface area contributed by atoms with Gasteiger partial charge in [-0.25, -0.2) is 4.79 Å². The van der Waals surface area contributed by atoms with Gasteiger partial charge in [0.25, 0.3) is 5.78 Å². The van der Waals surface area contributed by atoms with Crippen molar-refractivity contribution in [1.82, 2.24) is 4.90 Å². The van der Waals surface area contributed by atoms with Crippen LogP contribution in [-0.2, 0) is 9.53 Å². The fraction of sp³-hybridized carbons (Fsp3) is 0.833. The van der Waals surface area contributed by atoms with Gasteiger partial charge in [-0.3, -0.25) is 9.69 Å². The van der Waals surface area contributed by atoms with Crippen LogP contribution >= 0.6 is 0 Å². The average Bonchev–Trinajstić information content (AvgIpc) is 2.24. The van der Waals surface area contributed by atoms with E-state index >= 15 is 0 Å². The fourth-order valence-electron chi connectivity index (χ4n) is 1.93. The van der Waals surface area contributed by atoms with Crippen LogP contribution < -0.4 is 0 Å². The Morgan fingerprint density at radius 2 is 1.74 bits per heavy atom. The zero-order chi connectivity index (χ0) is 14.8. The van der Waals surface area contributed by atoms with Gasteiger partial charge >= 0.3 is 12.3 Å². The van der Waals surface area contributed by atoms with Crippen molar-refractivity contribution in [2.45, 2.75) is 57.9 Å². The van der Waals surface area contributed by atoms with E-state index in [1.807, 2.05) is 0 Å². The molecule has 1 unspecified atom stereocenters. The number of Topliss-reactive ketones (excluding diaryl/α,β-unsaturated/α-hetero) is 1. The van der Waals surface area contributed by atoms with Crippen LogP contribution in [0.5, 0.6) is 0 Å². The Bertz CT molecular complexity index is 360. The number of alkyl halides is 3. The molecule has 0 radical (unpaired) electrons. The van der Waals surface area contributed by atoms with Crippen molar-refractivity contribution in [1.29, 1.82) is 0 Å². The maximum absolute atomic E-state index is 12.5. The molecule has 0 saturated carbocycles. The van der Waals surface area contributed by atoms with E-state index in [-0.39, 0.29) is 13.0 Å². The molecular weight excluding hydrogens is 263 g/mol. The van der Waals surface area contributed by atoms with Gasteiger partial charge < -0.3 is 4.74 Å². The lowest BCUT2D eigenvalue weighted by atomic mass is 9.98. The molecule has 0 aromatic rings. The molecule has 110 valence electrons. The summed E-state index contributed by atoms with van der Waals surface area (Å²) in [7, 11) is 0. The van der Waals surface area contributed by atoms with Crippen molar-refractivity contribution in [2.75, 3.05) is 6.54 Å². The van der Waals surface area contributed by atoms with Crippen LogP contribution in [0.2, 0.25) is 0 Å². The molecule has 0 aromatic carbocycles. The largest absolute Gasteiger partial charge is 0.452 e. The lowest BCUT2D eigenvalue weighted by molar-refractivity contribution is -0.177. The number of carbonyl (C=O) groups excluding carboxylic acids is 2. The lowest BCUT2D eigenvalue weighted by Crippen LogP contribution is -2.53. The first-order valence-electron chi connectivity index (χ1n) is 6.13. The van der Waals surface area contributed by atoms with E-state index in [4.69, 9.17) is 4.74 Å². The molecule has 0 aliphatic carbocycles. The van der Waals surface area contributed by atoms with Crippen molar-refractivity contribution in [3.63, 3.8) is 0 Å². The highest BCUT2D eigenvalue weighted by molar-refractivity contribution is 5.91. The number of nitrogens with zero attached hydrogens (tertiary/aromatic N) is 1. The highest BCUT2D eigenvalue weighted by Crippen LogP contribution is 2.27. The molecular formula is C12H18F3NO3. The van der Waals surface area contributed by atoms with Crippen LogP contribution in [0.1, 0.15) is 40.0 Å². The third kappa shape index (κ3) is 4.40. The summed E-state index contributed by atoms with van der Waals surface area (Å²) in [6, 6.07) is -1.45. The number of amides is 1. The van der Waals surface area contributed by atoms with E-state index in [0.29, 0.717) is 12.8 Å². The smallest absolute Gasteiger partial charge is 0.444 e. The number of rotatable bonds is 1. The first-order valence-corrected chi connectivity index (χ1v) is 6.13. The molecule has 1 saturated heterocycles. The topological polar surface area (TPSA) is 46.6 Å². The normalized spacial score (nSPS) is 21.2. The molecule has 0 N–H and O–H groups in total. The third-order valence-electron chi connectivity index (χ3n) is 2.71. The molecule has 1 atom stereocenters. The number of ether oxygens (including phenoxy) is 1. The highest BCUT2D eigenvalue weighted by Gasteiger charge is 2.47. The number of hydrogen-bond donors (Lipinski definition) is 0. The molecule has 1 aliphatic rings. The third-order valence-corrected chi connectivity index (χ3v) is 2.71. The van der Waals surface area contributed by atoms with E-state index in [0.717, 1.165) is 4.90 Å². The SMILES string of the molecule is CC(C)(C)OC(=O)N1CCCCC1C(=O)C(F)(F)F. The molecule has 1 aliphatic heterocycles. The second kappa shape index (κ2) is 5.38. The van der Waals surface area contributed by atoms with E-state index in [1.54, 1.807) is 20.8 Å². The molecule has 1 fully saturated rings. The van der Waals surface area contributed by atoms with Gasteiger partial charge in [0.2, 0.25) is 0 Å². The van der Waals surface area contributed by atoms with Gasteiger partial charge in [0, 0.05) is 6.54 Å². The first-order chi connectivity index (χ1) is 8.52. The minimum Gasteiger partial charge on any atom is -0.444 e. The Balaban J connectivity index is 2.84. The quantitative estimate of drug-likeness (QED) is 0.742. The predicted molar refractivity (Wildman–Crippen MR) is 61.6 cm³/mol. The number of halogens is 3. The Labute approximate surface area is 109 Å². The van der Waals surface area contributed by atoms with Crippen LogP contribution in [-0.4, -0.2) is 41.1 Å². The maximum Gasteiger partial charge on any atom is 0.452 e. The van der Waals surface area contributed by atoms with Crippen molar-refractivity contribution in [2.24, 2.45) is 0 Å². The maximum atomic E-state index is 12.5. The van der Waals surface area contributed by atoms with Crippen LogP contribution in [0.3, 0.4) is 0 Å². The second-order valence-corrected chi connectivity index (χ2v) is 5.55. The standard InChI is InChI=1S/C12H18F3NO3/c1-11(2,3)19-10(18)16-7-5-4-6-8(16)9(17)12(13,14)15/h8H,4-7H2,1-3H3. The minimum absolute atomic E-state index is 0.0254. The predicted octanol–water partition coefficient (Wildman–Crippen LogP) is 2.91. The summed E-state index contributed by atoms with van der Waals surface area (Å²) < 4.78 is 42.5. The molecule has 0 aromatic heterocycles. The molecule has 1 rings (SSSR count). The monoisotopic (exact) mass is 281 g/mol. The van der Waals surface area contributed by atoms with E-state index in [1.165, 1.54) is 0 Å². The van der Waals surface area contributed by atoms with E-state index in [9.17, 15) is 22.8 Å². The molecule has 0 bridgehead atoms. The van der Waals surface area contributed by atoms with Crippen molar-refractivity contribution >= 4 is 11.9 Å². The molecule has 0 spiro atoms. The Morgan fingerprint density at radius 3 is 2.21 bits per heavy atom. The summed E-state index contributed by atoms with van der Waals surface area (Å²) >= 11 is 0. The minimum atomic E-state index is -4.93. The lowest BCUT2D eigenvalue weighted by Gasteiger charge is -2.35. The summed E-state index contributed by atoms with van der Waals surface area (Å²) in [4.78, 5) is 24.1. The van der Waals surface area contributed by atoms with Crippen molar-refractivity contribution in [3.8, 4) is 0 Å².